The van der Waals surface area contributed by atoms with Gasteiger partial charge in [0, 0.05) is 34.3 Å². The maximum absolute atomic E-state index is 12.8. The number of halogens is 1. The zero-order valence-corrected chi connectivity index (χ0v) is 17.4. The van der Waals surface area contributed by atoms with Crippen LogP contribution in [0.25, 0.3) is 5.70 Å². The molecule has 0 bridgehead atoms. The molecular formula is C22H24ClN3O3. The van der Waals surface area contributed by atoms with Crippen LogP contribution in [0.15, 0.2) is 48.5 Å². The monoisotopic (exact) mass is 413 g/mol. The lowest BCUT2D eigenvalue weighted by Crippen LogP contribution is -2.53. The van der Waals surface area contributed by atoms with Crippen molar-refractivity contribution in [3.05, 3.63) is 64.7 Å². The highest BCUT2D eigenvalue weighted by Gasteiger charge is 2.43. The molecule has 1 amide bonds. The fourth-order valence-electron chi connectivity index (χ4n) is 3.98. The van der Waals surface area contributed by atoms with Crippen molar-refractivity contribution < 1.29 is 14.3 Å². The third-order valence-corrected chi connectivity index (χ3v) is 5.81. The van der Waals surface area contributed by atoms with Crippen molar-refractivity contribution in [1.29, 1.82) is 0 Å². The molecule has 2 N–H and O–H groups in total. The van der Waals surface area contributed by atoms with E-state index >= 15 is 0 Å². The Bertz CT molecular complexity index is 945. The number of benzene rings is 2. The van der Waals surface area contributed by atoms with Crippen LogP contribution in [0.5, 0.6) is 11.5 Å². The lowest BCUT2D eigenvalue weighted by atomic mass is 9.91. The molecule has 2 aromatic rings. The van der Waals surface area contributed by atoms with Crippen molar-refractivity contribution in [2.75, 3.05) is 14.2 Å². The molecule has 0 saturated carbocycles. The lowest BCUT2D eigenvalue weighted by Gasteiger charge is -2.33. The first kappa shape index (κ1) is 19.6. The Hall–Kier alpha value is -2.70. The maximum atomic E-state index is 12.8. The minimum absolute atomic E-state index is 0.0657. The van der Waals surface area contributed by atoms with Gasteiger partial charge in [-0.25, -0.2) is 5.43 Å². The summed E-state index contributed by atoms with van der Waals surface area (Å²) >= 11 is 6.02. The zero-order chi connectivity index (χ0) is 20.5. The number of nitrogens with zero attached hydrogens (tertiary/aromatic N) is 1. The van der Waals surface area contributed by atoms with E-state index in [4.69, 9.17) is 21.1 Å². The normalized spacial score (nSPS) is 23.3. The second-order valence-corrected chi connectivity index (χ2v) is 7.77. The van der Waals surface area contributed by atoms with E-state index in [1.807, 2.05) is 42.5 Å². The molecule has 0 radical (unpaired) electrons. The van der Waals surface area contributed by atoms with Crippen molar-refractivity contribution >= 4 is 23.2 Å². The predicted molar refractivity (Wildman–Crippen MR) is 113 cm³/mol. The standard InChI is InChI=1S/C22H24ClN3O3/c1-13-17(10-14-4-7-16(23)8-5-14)22-24-18(12-21(27)26(22)25-13)15-6-9-19(28-2)20(11-15)29-3/h4-9,11-13,17,22,24-25H,10H2,1-3H3. The first-order valence-corrected chi connectivity index (χ1v) is 9.92. The zero-order valence-electron chi connectivity index (χ0n) is 16.6. The van der Waals surface area contributed by atoms with Crippen LogP contribution in [-0.4, -0.2) is 37.3 Å². The van der Waals surface area contributed by atoms with Gasteiger partial charge in [0.2, 0.25) is 0 Å². The van der Waals surface area contributed by atoms with Gasteiger partial charge in [0.25, 0.3) is 5.91 Å². The SMILES string of the molecule is COc1ccc(C2=CC(=O)N3NC(C)C(Cc4ccc(Cl)cc4)C3N2)cc1OC. The summed E-state index contributed by atoms with van der Waals surface area (Å²) in [6.07, 6.45) is 2.29. The second kappa shape index (κ2) is 7.97. The van der Waals surface area contributed by atoms with Crippen molar-refractivity contribution in [2.24, 2.45) is 5.92 Å². The second-order valence-electron chi connectivity index (χ2n) is 7.34. The topological polar surface area (TPSA) is 62.8 Å². The average Bonchev–Trinajstić information content (AvgIpc) is 3.05. The minimum atomic E-state index is -0.152. The number of fused-ring (bicyclic) bond motifs is 1. The van der Waals surface area contributed by atoms with Gasteiger partial charge in [-0.15, -0.1) is 0 Å². The Labute approximate surface area is 175 Å². The molecule has 2 heterocycles. The molecule has 29 heavy (non-hydrogen) atoms. The highest BCUT2D eigenvalue weighted by Crippen LogP contribution is 2.33. The van der Waals surface area contributed by atoms with E-state index in [2.05, 4.69) is 17.7 Å². The van der Waals surface area contributed by atoms with Gasteiger partial charge < -0.3 is 14.8 Å². The maximum Gasteiger partial charge on any atom is 0.264 e. The molecule has 4 rings (SSSR count). The number of rotatable bonds is 5. The van der Waals surface area contributed by atoms with Crippen LogP contribution >= 0.6 is 11.6 Å². The van der Waals surface area contributed by atoms with Gasteiger partial charge in [-0.3, -0.25) is 9.80 Å². The van der Waals surface area contributed by atoms with Gasteiger partial charge in [0.05, 0.1) is 14.2 Å². The highest BCUT2D eigenvalue weighted by molar-refractivity contribution is 6.30. The molecule has 0 aromatic heterocycles. The van der Waals surface area contributed by atoms with E-state index in [1.54, 1.807) is 25.3 Å². The van der Waals surface area contributed by atoms with E-state index < -0.39 is 0 Å². The molecule has 2 aromatic carbocycles. The summed E-state index contributed by atoms with van der Waals surface area (Å²) in [4.78, 5) is 12.8. The van der Waals surface area contributed by atoms with E-state index in [0.717, 1.165) is 22.7 Å². The number of hydrogen-bond donors (Lipinski definition) is 2. The molecule has 1 saturated heterocycles. The third kappa shape index (κ3) is 3.78. The van der Waals surface area contributed by atoms with Gasteiger partial charge in [0.1, 0.15) is 6.17 Å². The minimum Gasteiger partial charge on any atom is -0.493 e. The number of hydrogen-bond acceptors (Lipinski definition) is 5. The molecular weight excluding hydrogens is 390 g/mol. The van der Waals surface area contributed by atoms with Gasteiger partial charge in [-0.1, -0.05) is 23.7 Å². The summed E-state index contributed by atoms with van der Waals surface area (Å²) in [6, 6.07) is 13.6. The lowest BCUT2D eigenvalue weighted by molar-refractivity contribution is -0.131. The first-order valence-electron chi connectivity index (χ1n) is 9.54. The van der Waals surface area contributed by atoms with Crippen molar-refractivity contribution in [3.8, 4) is 11.5 Å². The molecule has 0 spiro atoms. The van der Waals surface area contributed by atoms with Crippen LogP contribution in [0.4, 0.5) is 0 Å². The molecule has 2 aliphatic heterocycles. The number of carbonyl (C=O) groups is 1. The molecule has 3 atom stereocenters. The van der Waals surface area contributed by atoms with E-state index in [-0.39, 0.29) is 24.0 Å². The number of carbonyl (C=O) groups excluding carboxylic acids is 1. The van der Waals surface area contributed by atoms with Crippen molar-refractivity contribution in [3.63, 3.8) is 0 Å². The van der Waals surface area contributed by atoms with Gasteiger partial charge in [0.15, 0.2) is 11.5 Å². The molecule has 6 nitrogen and oxygen atoms in total. The van der Waals surface area contributed by atoms with E-state index in [9.17, 15) is 4.79 Å². The van der Waals surface area contributed by atoms with Crippen LogP contribution in [0.3, 0.4) is 0 Å². The summed E-state index contributed by atoms with van der Waals surface area (Å²) in [5.41, 5.74) is 6.14. The van der Waals surface area contributed by atoms with Crippen LogP contribution in [0.1, 0.15) is 18.1 Å². The summed E-state index contributed by atoms with van der Waals surface area (Å²) in [5.74, 6) is 1.41. The largest absolute Gasteiger partial charge is 0.493 e. The number of hydrazine groups is 1. The third-order valence-electron chi connectivity index (χ3n) is 5.56. The number of ether oxygens (including phenoxy) is 2. The van der Waals surface area contributed by atoms with E-state index in [0.29, 0.717) is 11.5 Å². The average molecular weight is 414 g/mol. The molecule has 0 aliphatic carbocycles. The molecule has 1 fully saturated rings. The summed E-state index contributed by atoms with van der Waals surface area (Å²) in [7, 11) is 3.20. The van der Waals surface area contributed by atoms with Crippen LogP contribution in [0, 0.1) is 5.92 Å². The fourth-order valence-corrected chi connectivity index (χ4v) is 4.10. The van der Waals surface area contributed by atoms with E-state index in [1.165, 1.54) is 5.56 Å². The van der Waals surface area contributed by atoms with Gasteiger partial charge in [-0.05, 0) is 49.2 Å². The number of methoxy groups -OCH3 is 2. The number of nitrogens with one attached hydrogen (secondary N) is 2. The first-order chi connectivity index (χ1) is 14.0. The molecule has 152 valence electrons. The number of amides is 1. The summed E-state index contributed by atoms with van der Waals surface area (Å²) in [5, 5.41) is 5.95. The molecule has 2 aliphatic rings. The Kier molecular flexibility index (Phi) is 5.39. The van der Waals surface area contributed by atoms with Crippen LogP contribution in [-0.2, 0) is 11.2 Å². The molecule has 7 heteroatoms. The fraction of sp³-hybridized carbons (Fsp3) is 0.318. The Morgan fingerprint density at radius 1 is 1.07 bits per heavy atom. The van der Waals surface area contributed by atoms with Gasteiger partial charge in [-0.2, -0.15) is 0 Å². The Balaban J connectivity index is 1.60. The van der Waals surface area contributed by atoms with Gasteiger partial charge >= 0.3 is 0 Å². The quantitative estimate of drug-likeness (QED) is 0.788. The Morgan fingerprint density at radius 3 is 2.48 bits per heavy atom. The van der Waals surface area contributed by atoms with Crippen LogP contribution in [0.2, 0.25) is 5.02 Å². The van der Waals surface area contributed by atoms with Crippen LogP contribution < -0.4 is 20.2 Å². The summed E-state index contributed by atoms with van der Waals surface area (Å²) < 4.78 is 10.7. The summed E-state index contributed by atoms with van der Waals surface area (Å²) in [6.45, 7) is 2.10. The predicted octanol–water partition coefficient (Wildman–Crippen LogP) is 3.22. The smallest absolute Gasteiger partial charge is 0.264 e. The highest BCUT2D eigenvalue weighted by atomic mass is 35.5. The Morgan fingerprint density at radius 2 is 1.79 bits per heavy atom. The van der Waals surface area contributed by atoms with Crippen molar-refractivity contribution in [2.45, 2.75) is 25.6 Å². The van der Waals surface area contributed by atoms with Crippen molar-refractivity contribution in [1.82, 2.24) is 15.8 Å². The molecule has 3 unspecified atom stereocenters.